The first-order valence-electron chi connectivity index (χ1n) is 7.87. The SMILES string of the molecule is CCNCC1CCN(CC(=O)Nc2c(Cl)cc(Cl)cc2Cl)CC1.Cl. The molecule has 0 radical (unpaired) electrons. The molecule has 1 aromatic rings. The van der Waals surface area contributed by atoms with Crippen LogP contribution in [0.3, 0.4) is 0 Å². The van der Waals surface area contributed by atoms with Crippen LogP contribution >= 0.6 is 47.2 Å². The van der Waals surface area contributed by atoms with Crippen LogP contribution in [0.15, 0.2) is 12.1 Å². The number of likely N-dealkylation sites (tertiary alicyclic amines) is 1. The van der Waals surface area contributed by atoms with Crippen molar-refractivity contribution in [3.8, 4) is 0 Å². The van der Waals surface area contributed by atoms with Crippen LogP contribution in [0.4, 0.5) is 5.69 Å². The zero-order chi connectivity index (χ0) is 16.8. The van der Waals surface area contributed by atoms with E-state index in [1.54, 1.807) is 12.1 Å². The molecule has 24 heavy (non-hydrogen) atoms. The molecule has 1 aliphatic heterocycles. The van der Waals surface area contributed by atoms with Crippen LogP contribution in [0.2, 0.25) is 15.1 Å². The van der Waals surface area contributed by atoms with E-state index in [2.05, 4.69) is 22.5 Å². The Hall–Kier alpha value is -0.230. The van der Waals surface area contributed by atoms with E-state index in [9.17, 15) is 4.79 Å². The smallest absolute Gasteiger partial charge is 0.238 e. The molecule has 8 heteroatoms. The molecule has 1 aliphatic rings. The predicted molar refractivity (Wildman–Crippen MR) is 105 cm³/mol. The zero-order valence-corrected chi connectivity index (χ0v) is 16.7. The molecule has 0 atom stereocenters. The summed E-state index contributed by atoms with van der Waals surface area (Å²) in [6.07, 6.45) is 2.23. The number of piperidine rings is 1. The highest BCUT2D eigenvalue weighted by atomic mass is 35.5. The van der Waals surface area contributed by atoms with E-state index in [1.165, 1.54) is 0 Å². The first-order valence-corrected chi connectivity index (χ1v) is 9.00. The normalized spacial score (nSPS) is 15.8. The summed E-state index contributed by atoms with van der Waals surface area (Å²) in [6.45, 7) is 6.41. The number of rotatable bonds is 6. The molecule has 1 aromatic carbocycles. The van der Waals surface area contributed by atoms with Crippen molar-refractivity contribution < 1.29 is 4.79 Å². The lowest BCUT2D eigenvalue weighted by molar-refractivity contribution is -0.117. The van der Waals surface area contributed by atoms with Gasteiger partial charge < -0.3 is 10.6 Å². The molecule has 0 unspecified atom stereocenters. The van der Waals surface area contributed by atoms with Crippen LogP contribution in [0.5, 0.6) is 0 Å². The largest absolute Gasteiger partial charge is 0.322 e. The van der Waals surface area contributed by atoms with Crippen LogP contribution in [0, 0.1) is 5.92 Å². The van der Waals surface area contributed by atoms with Gasteiger partial charge in [-0.1, -0.05) is 41.7 Å². The lowest BCUT2D eigenvalue weighted by Crippen LogP contribution is -2.41. The average molecular weight is 415 g/mol. The van der Waals surface area contributed by atoms with Crippen molar-refractivity contribution in [2.45, 2.75) is 19.8 Å². The number of hydrogen-bond acceptors (Lipinski definition) is 3. The Morgan fingerprint density at radius 2 is 1.79 bits per heavy atom. The molecule has 1 saturated heterocycles. The highest BCUT2D eigenvalue weighted by molar-refractivity contribution is 6.42. The monoisotopic (exact) mass is 413 g/mol. The molecule has 1 heterocycles. The zero-order valence-electron chi connectivity index (χ0n) is 13.6. The lowest BCUT2D eigenvalue weighted by atomic mass is 9.97. The van der Waals surface area contributed by atoms with Gasteiger partial charge in [0.2, 0.25) is 5.91 Å². The number of amides is 1. The topological polar surface area (TPSA) is 44.4 Å². The Kier molecular flexibility index (Phi) is 9.72. The first-order chi connectivity index (χ1) is 11.0. The molecular formula is C16H23Cl4N3O. The number of hydrogen-bond donors (Lipinski definition) is 2. The fraction of sp³-hybridized carbons (Fsp3) is 0.562. The quantitative estimate of drug-likeness (QED) is 0.727. The molecular weight excluding hydrogens is 392 g/mol. The minimum absolute atomic E-state index is 0. The summed E-state index contributed by atoms with van der Waals surface area (Å²) in [7, 11) is 0. The van der Waals surface area contributed by atoms with Gasteiger partial charge >= 0.3 is 0 Å². The fourth-order valence-electron chi connectivity index (χ4n) is 2.74. The fourth-order valence-corrected chi connectivity index (χ4v) is 3.65. The summed E-state index contributed by atoms with van der Waals surface area (Å²) in [5.74, 6) is 0.593. The lowest BCUT2D eigenvalue weighted by Gasteiger charge is -2.31. The van der Waals surface area contributed by atoms with Gasteiger partial charge in [0, 0.05) is 5.02 Å². The second-order valence-electron chi connectivity index (χ2n) is 5.82. The van der Waals surface area contributed by atoms with Crippen molar-refractivity contribution in [3.05, 3.63) is 27.2 Å². The van der Waals surface area contributed by atoms with Gasteiger partial charge in [0.15, 0.2) is 0 Å². The highest BCUT2D eigenvalue weighted by Gasteiger charge is 2.21. The van der Waals surface area contributed by atoms with Crippen molar-refractivity contribution in [2.75, 3.05) is 38.0 Å². The Labute approximate surface area is 164 Å². The van der Waals surface area contributed by atoms with Crippen molar-refractivity contribution in [1.29, 1.82) is 0 Å². The molecule has 2 rings (SSSR count). The number of benzene rings is 1. The summed E-state index contributed by atoms with van der Waals surface area (Å²) in [5, 5.41) is 7.31. The van der Waals surface area contributed by atoms with Gasteiger partial charge in [0.1, 0.15) is 0 Å². The Morgan fingerprint density at radius 1 is 1.21 bits per heavy atom. The number of nitrogens with one attached hydrogen (secondary N) is 2. The van der Waals surface area contributed by atoms with Crippen molar-refractivity contribution in [2.24, 2.45) is 5.92 Å². The molecule has 1 amide bonds. The summed E-state index contributed by atoms with van der Waals surface area (Å²) in [5.41, 5.74) is 0.421. The van der Waals surface area contributed by atoms with E-state index < -0.39 is 0 Å². The summed E-state index contributed by atoms with van der Waals surface area (Å²) >= 11 is 18.0. The molecule has 0 bridgehead atoms. The molecule has 1 fully saturated rings. The Bertz CT molecular complexity index is 525. The van der Waals surface area contributed by atoms with Gasteiger partial charge in [-0.2, -0.15) is 0 Å². The van der Waals surface area contributed by atoms with Crippen LogP contribution in [-0.2, 0) is 4.79 Å². The third kappa shape index (κ3) is 6.58. The third-order valence-electron chi connectivity index (χ3n) is 4.03. The van der Waals surface area contributed by atoms with Crippen LogP contribution < -0.4 is 10.6 Å². The van der Waals surface area contributed by atoms with Gasteiger partial charge in [0.05, 0.1) is 22.3 Å². The number of halogens is 4. The molecule has 136 valence electrons. The number of nitrogens with zero attached hydrogens (tertiary/aromatic N) is 1. The maximum Gasteiger partial charge on any atom is 0.238 e. The number of carbonyl (C=O) groups is 1. The summed E-state index contributed by atoms with van der Waals surface area (Å²) in [6, 6.07) is 3.13. The van der Waals surface area contributed by atoms with Crippen molar-refractivity contribution in [3.63, 3.8) is 0 Å². The average Bonchev–Trinajstić information content (AvgIpc) is 2.50. The van der Waals surface area contributed by atoms with Gasteiger partial charge in [-0.25, -0.2) is 0 Å². The minimum Gasteiger partial charge on any atom is -0.322 e. The van der Waals surface area contributed by atoms with Gasteiger partial charge in [-0.15, -0.1) is 12.4 Å². The van der Waals surface area contributed by atoms with Crippen molar-refractivity contribution >= 4 is 58.8 Å². The summed E-state index contributed by atoms with van der Waals surface area (Å²) in [4.78, 5) is 14.4. The standard InChI is InChI=1S/C16H22Cl3N3O.ClH/c1-2-20-9-11-3-5-22(6-4-11)10-15(23)21-16-13(18)7-12(17)8-14(16)19;/h7-8,11,20H,2-6,9-10H2,1H3,(H,21,23);1H. The molecule has 4 nitrogen and oxygen atoms in total. The highest BCUT2D eigenvalue weighted by Crippen LogP contribution is 2.33. The predicted octanol–water partition coefficient (Wildman–Crippen LogP) is 4.33. The van der Waals surface area contributed by atoms with Crippen LogP contribution in [0.25, 0.3) is 0 Å². The van der Waals surface area contributed by atoms with Crippen LogP contribution in [-0.4, -0.2) is 43.5 Å². The van der Waals surface area contributed by atoms with E-state index >= 15 is 0 Å². The number of anilines is 1. The van der Waals surface area contributed by atoms with Gasteiger partial charge in [-0.3, -0.25) is 9.69 Å². The molecule has 0 aliphatic carbocycles. The second kappa shape index (κ2) is 10.7. The van der Waals surface area contributed by atoms with E-state index in [4.69, 9.17) is 34.8 Å². The molecule has 2 N–H and O–H groups in total. The van der Waals surface area contributed by atoms with Gasteiger partial charge in [0.25, 0.3) is 0 Å². The van der Waals surface area contributed by atoms with E-state index in [0.717, 1.165) is 39.0 Å². The van der Waals surface area contributed by atoms with E-state index in [0.29, 0.717) is 33.2 Å². The first kappa shape index (κ1) is 21.8. The maximum absolute atomic E-state index is 12.2. The Morgan fingerprint density at radius 3 is 2.33 bits per heavy atom. The molecule has 0 saturated carbocycles. The number of carbonyl (C=O) groups excluding carboxylic acids is 1. The van der Waals surface area contributed by atoms with E-state index in [-0.39, 0.29) is 18.3 Å². The molecule has 0 aromatic heterocycles. The Balaban J connectivity index is 0.00000288. The molecule has 0 spiro atoms. The van der Waals surface area contributed by atoms with Gasteiger partial charge in [-0.05, 0) is 57.1 Å². The maximum atomic E-state index is 12.2. The summed E-state index contributed by atoms with van der Waals surface area (Å²) < 4.78 is 0. The second-order valence-corrected chi connectivity index (χ2v) is 7.07. The minimum atomic E-state index is -0.110. The van der Waals surface area contributed by atoms with E-state index in [1.807, 2.05) is 0 Å². The van der Waals surface area contributed by atoms with Crippen LogP contribution in [0.1, 0.15) is 19.8 Å². The van der Waals surface area contributed by atoms with Crippen molar-refractivity contribution in [1.82, 2.24) is 10.2 Å². The third-order valence-corrected chi connectivity index (χ3v) is 4.84.